The number of amides is 2. The molecule has 4 rings (SSSR count). The summed E-state index contributed by atoms with van der Waals surface area (Å²) >= 11 is 6.17. The van der Waals surface area contributed by atoms with E-state index in [-0.39, 0.29) is 23.1 Å². The molecule has 0 spiro atoms. The van der Waals surface area contributed by atoms with Gasteiger partial charge in [0.25, 0.3) is 11.8 Å². The zero-order chi connectivity index (χ0) is 22.1. The Kier molecular flexibility index (Phi) is 5.51. The molecule has 158 valence electrons. The molecule has 1 atom stereocenters. The predicted molar refractivity (Wildman–Crippen MR) is 112 cm³/mol. The lowest BCUT2D eigenvalue weighted by molar-refractivity contribution is -0.120. The first-order valence-corrected chi connectivity index (χ1v) is 9.68. The van der Waals surface area contributed by atoms with Crippen molar-refractivity contribution in [1.29, 1.82) is 0 Å². The summed E-state index contributed by atoms with van der Waals surface area (Å²) in [7, 11) is 1.55. The Hall–Kier alpha value is -3.59. The largest absolute Gasteiger partial charge is 0.487 e. The van der Waals surface area contributed by atoms with Gasteiger partial charge in [-0.2, -0.15) is 0 Å². The van der Waals surface area contributed by atoms with Gasteiger partial charge in [0.15, 0.2) is 11.6 Å². The molecule has 0 saturated heterocycles. The number of rotatable bonds is 3. The number of pyridine rings is 1. The van der Waals surface area contributed by atoms with Gasteiger partial charge in [0.2, 0.25) is 5.82 Å². The molecule has 1 aliphatic heterocycles. The first-order chi connectivity index (χ1) is 14.8. The number of anilines is 1. The van der Waals surface area contributed by atoms with Gasteiger partial charge >= 0.3 is 0 Å². The third-order valence-corrected chi connectivity index (χ3v) is 5.08. The molecular weight excluding hydrogens is 425 g/mol. The SMILES string of the molecule is Cc1ccc(-c2nc(C(=O)N[C@H]3COc4cccnc4N(C)C3=O)ncc2Cl)cc1F. The van der Waals surface area contributed by atoms with Crippen molar-refractivity contribution in [2.45, 2.75) is 13.0 Å². The summed E-state index contributed by atoms with van der Waals surface area (Å²) in [4.78, 5) is 39.1. The number of carbonyl (C=O) groups is 2. The lowest BCUT2D eigenvalue weighted by Gasteiger charge is -2.19. The fourth-order valence-corrected chi connectivity index (χ4v) is 3.27. The lowest BCUT2D eigenvalue weighted by Crippen LogP contribution is -2.49. The van der Waals surface area contributed by atoms with Gasteiger partial charge in [0, 0.05) is 18.8 Å². The molecule has 0 aliphatic carbocycles. The van der Waals surface area contributed by atoms with E-state index in [4.69, 9.17) is 16.3 Å². The van der Waals surface area contributed by atoms with Crippen molar-refractivity contribution in [2.75, 3.05) is 18.6 Å². The van der Waals surface area contributed by atoms with E-state index in [0.29, 0.717) is 22.7 Å². The Labute approximate surface area is 182 Å². The van der Waals surface area contributed by atoms with Gasteiger partial charge in [-0.05, 0) is 30.7 Å². The first-order valence-electron chi connectivity index (χ1n) is 9.30. The van der Waals surface area contributed by atoms with Gasteiger partial charge in [-0.3, -0.25) is 14.5 Å². The smallest absolute Gasteiger partial charge is 0.289 e. The Morgan fingerprint density at radius 2 is 2.13 bits per heavy atom. The number of hydrogen-bond donors (Lipinski definition) is 1. The van der Waals surface area contributed by atoms with E-state index in [1.807, 2.05) is 0 Å². The third-order valence-electron chi connectivity index (χ3n) is 4.80. The molecule has 1 aromatic carbocycles. The molecule has 2 amide bonds. The number of hydrogen-bond acceptors (Lipinski definition) is 6. The second-order valence-electron chi connectivity index (χ2n) is 6.91. The summed E-state index contributed by atoms with van der Waals surface area (Å²) in [5.74, 6) is -0.941. The van der Waals surface area contributed by atoms with Crippen LogP contribution in [0.2, 0.25) is 5.02 Å². The van der Waals surface area contributed by atoms with E-state index in [2.05, 4.69) is 20.3 Å². The minimum Gasteiger partial charge on any atom is -0.487 e. The van der Waals surface area contributed by atoms with Crippen LogP contribution in [0.25, 0.3) is 11.3 Å². The van der Waals surface area contributed by atoms with Crippen LogP contribution in [0.5, 0.6) is 5.75 Å². The number of benzene rings is 1. The number of nitrogens with one attached hydrogen (secondary N) is 1. The molecule has 0 unspecified atom stereocenters. The van der Waals surface area contributed by atoms with E-state index in [1.54, 1.807) is 44.4 Å². The highest BCUT2D eigenvalue weighted by Crippen LogP contribution is 2.28. The summed E-state index contributed by atoms with van der Waals surface area (Å²) < 4.78 is 19.6. The number of aromatic nitrogens is 3. The van der Waals surface area contributed by atoms with Gasteiger partial charge in [-0.15, -0.1) is 0 Å². The second-order valence-corrected chi connectivity index (χ2v) is 7.32. The van der Waals surface area contributed by atoms with Crippen LogP contribution in [0.3, 0.4) is 0 Å². The number of carbonyl (C=O) groups excluding carboxylic acids is 2. The molecular formula is C21H17ClFN5O3. The maximum absolute atomic E-state index is 14.0. The van der Waals surface area contributed by atoms with Crippen molar-refractivity contribution in [3.8, 4) is 17.0 Å². The molecule has 1 aliphatic rings. The minimum absolute atomic E-state index is 0.0861. The Balaban J connectivity index is 1.58. The molecule has 8 nitrogen and oxygen atoms in total. The fraction of sp³-hybridized carbons (Fsp3) is 0.190. The Bertz CT molecular complexity index is 1190. The highest BCUT2D eigenvalue weighted by molar-refractivity contribution is 6.33. The summed E-state index contributed by atoms with van der Waals surface area (Å²) in [5.41, 5.74) is 1.08. The molecule has 3 heterocycles. The number of aryl methyl sites for hydroxylation is 1. The number of fused-ring (bicyclic) bond motifs is 1. The molecule has 3 aromatic rings. The third kappa shape index (κ3) is 4.04. The van der Waals surface area contributed by atoms with Crippen molar-refractivity contribution >= 4 is 29.2 Å². The molecule has 0 radical (unpaired) electrons. The maximum Gasteiger partial charge on any atom is 0.289 e. The summed E-state index contributed by atoms with van der Waals surface area (Å²) in [5, 5.41) is 2.75. The standard InChI is InChI=1S/C21H17ClFN5O3/c1-11-5-6-12(8-14(11)23)17-13(22)9-25-18(27-17)20(29)26-15-10-31-16-4-3-7-24-19(16)28(2)21(15)30/h3-9,15H,10H2,1-2H3,(H,26,29)/t15-/m0/s1. The average molecular weight is 442 g/mol. The van der Waals surface area contributed by atoms with E-state index in [0.717, 1.165) is 0 Å². The summed E-state index contributed by atoms with van der Waals surface area (Å²) in [6, 6.07) is 6.92. The van der Waals surface area contributed by atoms with E-state index in [1.165, 1.54) is 17.2 Å². The number of halogens is 2. The van der Waals surface area contributed by atoms with Crippen LogP contribution in [-0.2, 0) is 4.79 Å². The van der Waals surface area contributed by atoms with Crippen LogP contribution in [0.15, 0.2) is 42.7 Å². The molecule has 10 heteroatoms. The normalized spacial score (nSPS) is 15.7. The zero-order valence-electron chi connectivity index (χ0n) is 16.6. The number of nitrogens with zero attached hydrogens (tertiary/aromatic N) is 4. The van der Waals surface area contributed by atoms with Crippen LogP contribution in [0, 0.1) is 12.7 Å². The van der Waals surface area contributed by atoms with Crippen LogP contribution in [0.1, 0.15) is 16.2 Å². The zero-order valence-corrected chi connectivity index (χ0v) is 17.4. The van der Waals surface area contributed by atoms with Gasteiger partial charge in [-0.1, -0.05) is 23.7 Å². The van der Waals surface area contributed by atoms with Crippen LogP contribution < -0.4 is 15.0 Å². The molecule has 2 aromatic heterocycles. The Morgan fingerprint density at radius 1 is 1.32 bits per heavy atom. The van der Waals surface area contributed by atoms with Crippen molar-refractivity contribution in [3.63, 3.8) is 0 Å². The quantitative estimate of drug-likeness (QED) is 0.671. The summed E-state index contributed by atoms with van der Waals surface area (Å²) in [6.07, 6.45) is 2.80. The molecule has 0 bridgehead atoms. The molecule has 0 saturated carbocycles. The lowest BCUT2D eigenvalue weighted by atomic mass is 10.1. The monoisotopic (exact) mass is 441 g/mol. The minimum atomic E-state index is -0.980. The van der Waals surface area contributed by atoms with E-state index < -0.39 is 23.7 Å². The number of likely N-dealkylation sites (N-methyl/N-ethyl adjacent to an activating group) is 1. The highest BCUT2D eigenvalue weighted by Gasteiger charge is 2.32. The predicted octanol–water partition coefficient (Wildman–Crippen LogP) is 2.79. The van der Waals surface area contributed by atoms with Gasteiger partial charge in [-0.25, -0.2) is 19.3 Å². The highest BCUT2D eigenvalue weighted by atomic mass is 35.5. The van der Waals surface area contributed by atoms with Crippen LogP contribution in [0.4, 0.5) is 10.2 Å². The van der Waals surface area contributed by atoms with E-state index >= 15 is 0 Å². The van der Waals surface area contributed by atoms with Gasteiger partial charge < -0.3 is 10.1 Å². The van der Waals surface area contributed by atoms with Crippen molar-refractivity contribution in [1.82, 2.24) is 20.3 Å². The van der Waals surface area contributed by atoms with Crippen molar-refractivity contribution in [3.05, 3.63) is 65.0 Å². The van der Waals surface area contributed by atoms with Crippen molar-refractivity contribution < 1.29 is 18.7 Å². The van der Waals surface area contributed by atoms with Crippen molar-refractivity contribution in [2.24, 2.45) is 0 Å². The molecule has 1 N–H and O–H groups in total. The topological polar surface area (TPSA) is 97.3 Å². The van der Waals surface area contributed by atoms with Gasteiger partial charge in [0.05, 0.1) is 16.9 Å². The van der Waals surface area contributed by atoms with Gasteiger partial charge in [0.1, 0.15) is 18.5 Å². The molecule has 31 heavy (non-hydrogen) atoms. The second kappa shape index (κ2) is 8.27. The van der Waals surface area contributed by atoms with Crippen LogP contribution >= 0.6 is 11.6 Å². The van der Waals surface area contributed by atoms with E-state index in [9.17, 15) is 14.0 Å². The molecule has 0 fully saturated rings. The number of ether oxygens (including phenoxy) is 1. The fourth-order valence-electron chi connectivity index (χ4n) is 3.07. The maximum atomic E-state index is 14.0. The summed E-state index contributed by atoms with van der Waals surface area (Å²) in [6.45, 7) is 1.55. The first kappa shape index (κ1) is 20.7. The average Bonchev–Trinajstić information content (AvgIpc) is 2.88. The Morgan fingerprint density at radius 3 is 2.90 bits per heavy atom. The van der Waals surface area contributed by atoms with Crippen LogP contribution in [-0.4, -0.2) is 46.5 Å².